The average Bonchev–Trinajstić information content (AvgIpc) is 2.96. The summed E-state index contributed by atoms with van der Waals surface area (Å²) < 4.78 is 5.21. The SMILES string of the molecule is COc1ccc(Cc2sc(NC(=O)CCCCl)nc2C(C)(C)C)cc1. The van der Waals surface area contributed by atoms with Crippen molar-refractivity contribution in [3.63, 3.8) is 0 Å². The number of carbonyl (C=O) groups is 1. The summed E-state index contributed by atoms with van der Waals surface area (Å²) in [6.07, 6.45) is 1.87. The Kier molecular flexibility index (Phi) is 6.85. The first-order valence-corrected chi connectivity index (χ1v) is 9.67. The lowest BCUT2D eigenvalue weighted by molar-refractivity contribution is -0.116. The van der Waals surface area contributed by atoms with Gasteiger partial charge in [0.1, 0.15) is 5.75 Å². The van der Waals surface area contributed by atoms with Crippen LogP contribution in [-0.2, 0) is 16.6 Å². The number of thiazole rings is 1. The fraction of sp³-hybridized carbons (Fsp3) is 0.474. The highest BCUT2D eigenvalue weighted by Gasteiger charge is 2.24. The van der Waals surface area contributed by atoms with E-state index in [1.165, 1.54) is 10.4 Å². The van der Waals surface area contributed by atoms with Gasteiger partial charge in [-0.05, 0) is 24.1 Å². The van der Waals surface area contributed by atoms with E-state index in [1.807, 2.05) is 12.1 Å². The minimum atomic E-state index is -0.0859. The van der Waals surface area contributed by atoms with Gasteiger partial charge in [-0.15, -0.1) is 22.9 Å². The Bertz CT molecular complexity index is 705. The maximum absolute atomic E-state index is 12.0. The fourth-order valence-corrected chi connectivity index (χ4v) is 3.81. The number of carbonyl (C=O) groups excluding carboxylic acids is 1. The number of hydrogen-bond acceptors (Lipinski definition) is 4. The highest BCUT2D eigenvalue weighted by Crippen LogP contribution is 2.34. The van der Waals surface area contributed by atoms with Crippen molar-refractivity contribution < 1.29 is 9.53 Å². The number of amides is 1. The molecule has 0 radical (unpaired) electrons. The fourth-order valence-electron chi connectivity index (χ4n) is 2.45. The van der Waals surface area contributed by atoms with Crippen LogP contribution in [0.15, 0.2) is 24.3 Å². The first-order valence-electron chi connectivity index (χ1n) is 8.32. The molecular formula is C19H25ClN2O2S. The number of rotatable bonds is 7. The molecule has 2 aromatic rings. The number of methoxy groups -OCH3 is 1. The minimum absolute atomic E-state index is 0.0362. The van der Waals surface area contributed by atoms with Gasteiger partial charge in [0, 0.05) is 29.0 Å². The Morgan fingerprint density at radius 1 is 1.28 bits per heavy atom. The zero-order valence-electron chi connectivity index (χ0n) is 15.2. The molecule has 0 atom stereocenters. The minimum Gasteiger partial charge on any atom is -0.497 e. The van der Waals surface area contributed by atoms with Gasteiger partial charge in [-0.1, -0.05) is 32.9 Å². The summed E-state index contributed by atoms with van der Waals surface area (Å²) in [5.74, 6) is 1.29. The Hall–Kier alpha value is -1.59. The second-order valence-electron chi connectivity index (χ2n) is 6.91. The van der Waals surface area contributed by atoms with Gasteiger partial charge in [-0.25, -0.2) is 4.98 Å². The molecule has 2 rings (SSSR count). The maximum atomic E-state index is 12.0. The number of halogens is 1. The average molecular weight is 381 g/mol. The Balaban J connectivity index is 2.21. The Morgan fingerprint density at radius 3 is 2.52 bits per heavy atom. The molecule has 1 amide bonds. The predicted octanol–water partition coefficient (Wildman–Crippen LogP) is 5.00. The molecule has 0 fully saturated rings. The Morgan fingerprint density at radius 2 is 1.96 bits per heavy atom. The van der Waals surface area contributed by atoms with Gasteiger partial charge >= 0.3 is 0 Å². The summed E-state index contributed by atoms with van der Waals surface area (Å²) in [5.41, 5.74) is 2.13. The number of hydrogen-bond donors (Lipinski definition) is 1. The van der Waals surface area contributed by atoms with Crippen LogP contribution >= 0.6 is 22.9 Å². The molecule has 4 nitrogen and oxygen atoms in total. The quantitative estimate of drug-likeness (QED) is 0.688. The third kappa shape index (κ3) is 5.72. The number of anilines is 1. The lowest BCUT2D eigenvalue weighted by Crippen LogP contribution is -2.15. The zero-order chi connectivity index (χ0) is 18.4. The van der Waals surface area contributed by atoms with Gasteiger partial charge in [0.2, 0.25) is 5.91 Å². The molecule has 0 spiro atoms. The van der Waals surface area contributed by atoms with E-state index >= 15 is 0 Å². The molecule has 6 heteroatoms. The van der Waals surface area contributed by atoms with Crippen LogP contribution in [0.25, 0.3) is 0 Å². The van der Waals surface area contributed by atoms with Crippen molar-refractivity contribution in [2.45, 2.75) is 45.4 Å². The van der Waals surface area contributed by atoms with Gasteiger partial charge < -0.3 is 10.1 Å². The number of nitrogens with zero attached hydrogens (tertiary/aromatic N) is 1. The number of alkyl halides is 1. The molecule has 25 heavy (non-hydrogen) atoms. The number of ether oxygens (including phenoxy) is 1. The first-order chi connectivity index (χ1) is 11.8. The molecule has 1 aromatic heterocycles. The zero-order valence-corrected chi connectivity index (χ0v) is 16.8. The van der Waals surface area contributed by atoms with E-state index in [1.54, 1.807) is 18.4 Å². The third-order valence-electron chi connectivity index (χ3n) is 3.72. The summed E-state index contributed by atoms with van der Waals surface area (Å²) in [4.78, 5) is 17.8. The van der Waals surface area contributed by atoms with Gasteiger partial charge in [-0.2, -0.15) is 0 Å². The molecule has 0 aliphatic heterocycles. The monoisotopic (exact) mass is 380 g/mol. The van der Waals surface area contributed by atoms with Crippen LogP contribution in [0.3, 0.4) is 0 Å². The molecule has 0 saturated carbocycles. The van der Waals surface area contributed by atoms with E-state index in [-0.39, 0.29) is 11.3 Å². The highest BCUT2D eigenvalue weighted by atomic mass is 35.5. The maximum Gasteiger partial charge on any atom is 0.226 e. The van der Waals surface area contributed by atoms with Crippen molar-refractivity contribution in [3.05, 3.63) is 40.4 Å². The molecule has 0 saturated heterocycles. The molecule has 136 valence electrons. The Labute approximate surface area is 158 Å². The highest BCUT2D eigenvalue weighted by molar-refractivity contribution is 7.15. The van der Waals surface area contributed by atoms with Crippen molar-refractivity contribution in [1.29, 1.82) is 0 Å². The van der Waals surface area contributed by atoms with Crippen LogP contribution in [-0.4, -0.2) is 23.9 Å². The van der Waals surface area contributed by atoms with Gasteiger partial charge in [0.15, 0.2) is 5.13 Å². The molecule has 1 heterocycles. The second kappa shape index (κ2) is 8.68. The topological polar surface area (TPSA) is 51.2 Å². The smallest absolute Gasteiger partial charge is 0.226 e. The van der Waals surface area contributed by atoms with Crippen LogP contribution in [0.5, 0.6) is 5.75 Å². The van der Waals surface area contributed by atoms with Gasteiger partial charge in [0.25, 0.3) is 0 Å². The van der Waals surface area contributed by atoms with Crippen LogP contribution in [0.4, 0.5) is 5.13 Å². The summed E-state index contributed by atoms with van der Waals surface area (Å²) in [6.45, 7) is 6.41. The van der Waals surface area contributed by atoms with E-state index in [4.69, 9.17) is 16.3 Å². The van der Waals surface area contributed by atoms with Crippen LogP contribution < -0.4 is 10.1 Å². The van der Waals surface area contributed by atoms with Crippen molar-refractivity contribution in [2.24, 2.45) is 0 Å². The normalized spacial score (nSPS) is 11.4. The van der Waals surface area contributed by atoms with Crippen molar-refractivity contribution in [1.82, 2.24) is 4.98 Å². The van der Waals surface area contributed by atoms with E-state index in [0.717, 1.165) is 17.9 Å². The van der Waals surface area contributed by atoms with E-state index in [9.17, 15) is 4.79 Å². The van der Waals surface area contributed by atoms with E-state index in [2.05, 4.69) is 43.2 Å². The van der Waals surface area contributed by atoms with Crippen LogP contribution in [0.2, 0.25) is 0 Å². The summed E-state index contributed by atoms with van der Waals surface area (Å²) in [6, 6.07) is 8.04. The summed E-state index contributed by atoms with van der Waals surface area (Å²) in [7, 11) is 1.66. The summed E-state index contributed by atoms with van der Waals surface area (Å²) in [5, 5.41) is 3.56. The van der Waals surface area contributed by atoms with Crippen molar-refractivity contribution >= 4 is 34.0 Å². The van der Waals surface area contributed by atoms with E-state index in [0.29, 0.717) is 23.9 Å². The van der Waals surface area contributed by atoms with Gasteiger partial charge in [-0.3, -0.25) is 4.79 Å². The van der Waals surface area contributed by atoms with E-state index < -0.39 is 0 Å². The number of nitrogens with one attached hydrogen (secondary N) is 1. The molecule has 0 bridgehead atoms. The van der Waals surface area contributed by atoms with Crippen LogP contribution in [0, 0.1) is 0 Å². The third-order valence-corrected chi connectivity index (χ3v) is 4.95. The molecule has 0 aliphatic carbocycles. The predicted molar refractivity (Wildman–Crippen MR) is 105 cm³/mol. The lowest BCUT2D eigenvalue weighted by atomic mass is 9.90. The molecule has 1 aromatic carbocycles. The number of aromatic nitrogens is 1. The molecule has 0 aliphatic rings. The number of benzene rings is 1. The molecule has 0 unspecified atom stereocenters. The molecular weight excluding hydrogens is 356 g/mol. The lowest BCUT2D eigenvalue weighted by Gasteiger charge is -2.17. The van der Waals surface area contributed by atoms with Crippen LogP contribution in [0.1, 0.15) is 49.7 Å². The van der Waals surface area contributed by atoms with Gasteiger partial charge in [0.05, 0.1) is 12.8 Å². The molecule has 1 N–H and O–H groups in total. The van der Waals surface area contributed by atoms with Crippen molar-refractivity contribution in [3.8, 4) is 5.75 Å². The summed E-state index contributed by atoms with van der Waals surface area (Å²) >= 11 is 7.19. The van der Waals surface area contributed by atoms with Crippen molar-refractivity contribution in [2.75, 3.05) is 18.3 Å². The first kappa shape index (κ1) is 19.7. The largest absolute Gasteiger partial charge is 0.497 e. The second-order valence-corrected chi connectivity index (χ2v) is 8.37. The standard InChI is InChI=1S/C19H25ClN2O2S/c1-19(2,3)17-15(12-13-7-9-14(24-4)10-8-13)25-18(22-17)21-16(23)6-5-11-20/h7-10H,5-6,11-12H2,1-4H3,(H,21,22,23).